The Morgan fingerprint density at radius 3 is 2.45 bits per heavy atom. The average molecular weight is 281 g/mol. The van der Waals surface area contributed by atoms with Crippen LogP contribution in [0.1, 0.15) is 16.8 Å². The number of nitro benzene ring substituents is 1. The van der Waals surface area contributed by atoms with E-state index in [0.717, 1.165) is 25.1 Å². The number of phenols is 1. The predicted octanol–water partition coefficient (Wildman–Crippen LogP) is 1.32. The molecule has 7 nitrogen and oxygen atoms in total. The maximum absolute atomic E-state index is 12.1. The van der Waals surface area contributed by atoms with Crippen molar-refractivity contribution in [1.29, 1.82) is 0 Å². The summed E-state index contributed by atoms with van der Waals surface area (Å²) in [6.07, 6.45) is 0.828. The molecule has 0 unspecified atom stereocenters. The zero-order valence-corrected chi connectivity index (χ0v) is 11.9. The van der Waals surface area contributed by atoms with Crippen molar-refractivity contribution in [2.24, 2.45) is 0 Å². The Kier molecular flexibility index (Phi) is 5.45. The molecule has 0 aliphatic carbocycles. The molecule has 0 aromatic heterocycles. The van der Waals surface area contributed by atoms with Gasteiger partial charge < -0.3 is 14.9 Å². The first-order chi connectivity index (χ1) is 9.32. The fourth-order valence-electron chi connectivity index (χ4n) is 1.76. The Balaban J connectivity index is 2.72. The van der Waals surface area contributed by atoms with Gasteiger partial charge in [-0.1, -0.05) is 0 Å². The van der Waals surface area contributed by atoms with Gasteiger partial charge in [0.25, 0.3) is 5.91 Å². The van der Waals surface area contributed by atoms with Crippen LogP contribution in [0.15, 0.2) is 18.2 Å². The van der Waals surface area contributed by atoms with E-state index in [2.05, 4.69) is 0 Å². The molecule has 0 bridgehead atoms. The van der Waals surface area contributed by atoms with Crippen LogP contribution in [0.4, 0.5) is 5.69 Å². The second kappa shape index (κ2) is 6.85. The van der Waals surface area contributed by atoms with Gasteiger partial charge in [0.1, 0.15) is 0 Å². The minimum absolute atomic E-state index is 0.237. The van der Waals surface area contributed by atoms with Gasteiger partial charge in [0.05, 0.1) is 4.92 Å². The second-order valence-corrected chi connectivity index (χ2v) is 4.84. The van der Waals surface area contributed by atoms with Crippen molar-refractivity contribution in [3.05, 3.63) is 33.9 Å². The molecule has 1 rings (SSSR count). The SMILES string of the molecule is CN(C)CCCN(C)C(=O)c1ccc([N+](=O)[O-])c(O)c1. The smallest absolute Gasteiger partial charge is 0.310 e. The van der Waals surface area contributed by atoms with Crippen molar-refractivity contribution in [3.8, 4) is 5.75 Å². The van der Waals surface area contributed by atoms with E-state index >= 15 is 0 Å². The first kappa shape index (κ1) is 15.9. The minimum Gasteiger partial charge on any atom is -0.502 e. The number of phenolic OH excluding ortho intramolecular Hbond substituents is 1. The van der Waals surface area contributed by atoms with Crippen LogP contribution in [-0.4, -0.2) is 60.0 Å². The van der Waals surface area contributed by atoms with Gasteiger partial charge in [0.15, 0.2) is 5.75 Å². The summed E-state index contributed by atoms with van der Waals surface area (Å²) >= 11 is 0. The predicted molar refractivity (Wildman–Crippen MR) is 74.9 cm³/mol. The molecule has 0 radical (unpaired) electrons. The van der Waals surface area contributed by atoms with Crippen molar-refractivity contribution >= 4 is 11.6 Å². The fraction of sp³-hybridized carbons (Fsp3) is 0.462. The van der Waals surface area contributed by atoms with Crippen LogP contribution in [0.2, 0.25) is 0 Å². The first-order valence-electron chi connectivity index (χ1n) is 6.20. The van der Waals surface area contributed by atoms with Crippen LogP contribution >= 0.6 is 0 Å². The lowest BCUT2D eigenvalue weighted by Gasteiger charge is -2.18. The number of benzene rings is 1. The largest absolute Gasteiger partial charge is 0.502 e. The van der Waals surface area contributed by atoms with Crippen LogP contribution < -0.4 is 0 Å². The Bertz CT molecular complexity index is 502. The lowest BCUT2D eigenvalue weighted by Crippen LogP contribution is -2.29. The number of amides is 1. The van der Waals surface area contributed by atoms with Crippen molar-refractivity contribution in [1.82, 2.24) is 9.80 Å². The average Bonchev–Trinajstić information content (AvgIpc) is 2.36. The molecule has 0 aliphatic heterocycles. The maximum atomic E-state index is 12.1. The summed E-state index contributed by atoms with van der Waals surface area (Å²) in [5, 5.41) is 20.1. The molecule has 20 heavy (non-hydrogen) atoms. The number of aromatic hydroxyl groups is 1. The van der Waals surface area contributed by atoms with E-state index in [4.69, 9.17) is 0 Å². The van der Waals surface area contributed by atoms with Crippen LogP contribution in [0.25, 0.3) is 0 Å². The van der Waals surface area contributed by atoms with Crippen LogP contribution in [0, 0.1) is 10.1 Å². The molecular formula is C13H19N3O4. The summed E-state index contributed by atoms with van der Waals surface area (Å²) in [6.45, 7) is 1.44. The number of hydrogen-bond donors (Lipinski definition) is 1. The van der Waals surface area contributed by atoms with E-state index in [0.29, 0.717) is 6.54 Å². The number of nitrogens with zero attached hydrogens (tertiary/aromatic N) is 3. The summed E-state index contributed by atoms with van der Waals surface area (Å²) in [5.41, 5.74) is -0.169. The van der Waals surface area contributed by atoms with E-state index in [9.17, 15) is 20.0 Å². The number of rotatable bonds is 6. The van der Waals surface area contributed by atoms with Gasteiger partial charge in [0.2, 0.25) is 0 Å². The minimum atomic E-state index is -0.690. The summed E-state index contributed by atoms with van der Waals surface area (Å²) in [4.78, 5) is 25.5. The number of hydrogen-bond acceptors (Lipinski definition) is 5. The van der Waals surface area contributed by atoms with E-state index in [-0.39, 0.29) is 11.5 Å². The molecule has 1 amide bonds. The van der Waals surface area contributed by atoms with Gasteiger partial charge >= 0.3 is 5.69 Å². The Hall–Kier alpha value is -2.15. The van der Waals surface area contributed by atoms with Crippen LogP contribution in [-0.2, 0) is 0 Å². The van der Waals surface area contributed by atoms with Gasteiger partial charge in [0, 0.05) is 25.2 Å². The molecule has 0 aliphatic rings. The highest BCUT2D eigenvalue weighted by Gasteiger charge is 2.18. The lowest BCUT2D eigenvalue weighted by atomic mass is 10.1. The zero-order valence-electron chi connectivity index (χ0n) is 11.9. The summed E-state index contributed by atoms with van der Waals surface area (Å²) in [5.74, 6) is -0.767. The highest BCUT2D eigenvalue weighted by molar-refractivity contribution is 5.94. The molecule has 0 fully saturated rings. The van der Waals surface area contributed by atoms with Crippen molar-refractivity contribution in [2.75, 3.05) is 34.2 Å². The third kappa shape index (κ3) is 4.20. The molecule has 1 N–H and O–H groups in total. The van der Waals surface area contributed by atoms with E-state index in [1.54, 1.807) is 7.05 Å². The Labute approximate surface area is 117 Å². The monoisotopic (exact) mass is 281 g/mol. The van der Waals surface area contributed by atoms with Gasteiger partial charge in [-0.15, -0.1) is 0 Å². The summed E-state index contributed by atoms with van der Waals surface area (Å²) < 4.78 is 0. The molecule has 1 aromatic carbocycles. The second-order valence-electron chi connectivity index (χ2n) is 4.84. The molecule has 0 atom stereocenters. The number of carbonyl (C=O) groups excluding carboxylic acids is 1. The molecule has 0 saturated heterocycles. The maximum Gasteiger partial charge on any atom is 0.310 e. The fourth-order valence-corrected chi connectivity index (χ4v) is 1.76. The lowest BCUT2D eigenvalue weighted by molar-refractivity contribution is -0.385. The van der Waals surface area contributed by atoms with E-state index < -0.39 is 16.4 Å². The summed E-state index contributed by atoms with van der Waals surface area (Å²) in [6, 6.07) is 3.61. The third-order valence-corrected chi connectivity index (χ3v) is 2.86. The highest BCUT2D eigenvalue weighted by Crippen LogP contribution is 2.26. The quantitative estimate of drug-likeness (QED) is 0.627. The standard InChI is InChI=1S/C13H19N3O4/c1-14(2)7-4-8-15(3)13(18)10-5-6-11(16(19)20)12(17)9-10/h5-6,9,17H,4,7-8H2,1-3H3. The molecule has 7 heteroatoms. The third-order valence-electron chi connectivity index (χ3n) is 2.86. The van der Waals surface area contributed by atoms with Crippen LogP contribution in [0.3, 0.4) is 0 Å². The number of nitro groups is 1. The van der Waals surface area contributed by atoms with Gasteiger partial charge in [-0.25, -0.2) is 0 Å². The molecule has 0 spiro atoms. The molecule has 1 aromatic rings. The van der Waals surface area contributed by atoms with E-state index in [1.165, 1.54) is 11.0 Å². The molecular weight excluding hydrogens is 262 g/mol. The molecule has 0 heterocycles. The van der Waals surface area contributed by atoms with Crippen LogP contribution in [0.5, 0.6) is 5.75 Å². The van der Waals surface area contributed by atoms with Crippen molar-refractivity contribution in [2.45, 2.75) is 6.42 Å². The normalized spacial score (nSPS) is 10.6. The van der Waals surface area contributed by atoms with E-state index in [1.807, 2.05) is 19.0 Å². The van der Waals surface area contributed by atoms with Crippen molar-refractivity contribution in [3.63, 3.8) is 0 Å². The zero-order chi connectivity index (χ0) is 15.3. The van der Waals surface area contributed by atoms with Gasteiger partial charge in [-0.2, -0.15) is 0 Å². The summed E-state index contributed by atoms with van der Waals surface area (Å²) in [7, 11) is 5.57. The number of carbonyl (C=O) groups is 1. The first-order valence-corrected chi connectivity index (χ1v) is 6.20. The van der Waals surface area contributed by atoms with Crippen molar-refractivity contribution < 1.29 is 14.8 Å². The molecule has 0 saturated carbocycles. The van der Waals surface area contributed by atoms with Gasteiger partial charge in [-0.05, 0) is 39.2 Å². The highest BCUT2D eigenvalue weighted by atomic mass is 16.6. The van der Waals surface area contributed by atoms with Gasteiger partial charge in [-0.3, -0.25) is 14.9 Å². The topological polar surface area (TPSA) is 86.9 Å². The molecule has 110 valence electrons. The Morgan fingerprint density at radius 1 is 1.30 bits per heavy atom. The Morgan fingerprint density at radius 2 is 1.95 bits per heavy atom.